The summed E-state index contributed by atoms with van der Waals surface area (Å²) < 4.78 is 5.26. The highest BCUT2D eigenvalue weighted by Gasteiger charge is 2.33. The summed E-state index contributed by atoms with van der Waals surface area (Å²) in [7, 11) is 1.50. The Bertz CT molecular complexity index is 1130. The van der Waals surface area contributed by atoms with E-state index in [0.717, 1.165) is 23.3 Å². The molecule has 9 nitrogen and oxygen atoms in total. The Morgan fingerprint density at radius 1 is 1.06 bits per heavy atom. The highest BCUT2D eigenvalue weighted by Crippen LogP contribution is 2.24. The largest absolute Gasteiger partial charge is 0.449 e. The molecule has 178 valence electrons. The van der Waals surface area contributed by atoms with Gasteiger partial charge in [0.05, 0.1) is 6.61 Å². The van der Waals surface area contributed by atoms with Crippen LogP contribution in [0, 0.1) is 0 Å². The number of aryl methyl sites for hydroxylation is 1. The van der Waals surface area contributed by atoms with Crippen molar-refractivity contribution in [1.29, 1.82) is 0 Å². The summed E-state index contributed by atoms with van der Waals surface area (Å²) in [6.07, 6.45) is 1.15. The van der Waals surface area contributed by atoms with Crippen LogP contribution in [-0.4, -0.2) is 60.0 Å². The van der Waals surface area contributed by atoms with Crippen molar-refractivity contribution in [2.75, 3.05) is 25.5 Å². The van der Waals surface area contributed by atoms with E-state index >= 15 is 0 Å². The first-order valence-electron chi connectivity index (χ1n) is 11.3. The van der Waals surface area contributed by atoms with E-state index in [-0.39, 0.29) is 24.6 Å². The molecule has 4 rings (SSSR count). The van der Waals surface area contributed by atoms with E-state index in [1.165, 1.54) is 12.6 Å². The number of anilines is 1. The second kappa shape index (κ2) is 9.94. The highest BCUT2D eigenvalue weighted by molar-refractivity contribution is 6.06. The van der Waals surface area contributed by atoms with Crippen LogP contribution in [0.25, 0.3) is 0 Å². The zero-order valence-electron chi connectivity index (χ0n) is 19.3. The lowest BCUT2D eigenvalue weighted by molar-refractivity contribution is -0.134. The Kier molecular flexibility index (Phi) is 6.81. The number of nitrogens with one attached hydrogen (secondary N) is 2. The third-order valence-electron chi connectivity index (χ3n) is 6.32. The molecular formula is C25H28N4O5. The molecule has 2 aliphatic rings. The van der Waals surface area contributed by atoms with Gasteiger partial charge in [-0.1, -0.05) is 24.3 Å². The van der Waals surface area contributed by atoms with Gasteiger partial charge in [-0.25, -0.2) is 14.5 Å². The number of rotatable bonds is 3. The molecule has 34 heavy (non-hydrogen) atoms. The van der Waals surface area contributed by atoms with Gasteiger partial charge < -0.3 is 20.3 Å². The molecule has 2 heterocycles. The average Bonchev–Trinajstić information content (AvgIpc) is 3.00. The van der Waals surface area contributed by atoms with Gasteiger partial charge in [0.1, 0.15) is 6.54 Å². The van der Waals surface area contributed by atoms with Crippen LogP contribution in [0.15, 0.2) is 42.5 Å². The molecule has 2 N–H and O–H groups in total. The predicted molar refractivity (Wildman–Crippen MR) is 125 cm³/mol. The highest BCUT2D eigenvalue weighted by atomic mass is 16.6. The Labute approximate surface area is 198 Å². The molecule has 0 saturated carbocycles. The molecule has 0 spiro atoms. The molecule has 0 unspecified atom stereocenters. The van der Waals surface area contributed by atoms with Crippen molar-refractivity contribution in [3.63, 3.8) is 0 Å². The van der Waals surface area contributed by atoms with Gasteiger partial charge in [-0.3, -0.25) is 9.59 Å². The van der Waals surface area contributed by atoms with Crippen molar-refractivity contribution in [2.24, 2.45) is 0 Å². The van der Waals surface area contributed by atoms with Crippen LogP contribution in [0.4, 0.5) is 15.3 Å². The molecule has 0 radical (unpaired) electrons. The SMILES string of the molecule is CNC(=O)Nc1ccc2c(c1)CCOC(=O)N(CC(=O)N1Cc3ccccc3CC[C@@H]1C)C2=O. The third-order valence-corrected chi connectivity index (χ3v) is 6.32. The smallest absolute Gasteiger partial charge is 0.417 e. The zero-order chi connectivity index (χ0) is 24.2. The Balaban J connectivity index is 1.56. The summed E-state index contributed by atoms with van der Waals surface area (Å²) in [5.74, 6) is -0.906. The number of benzene rings is 2. The van der Waals surface area contributed by atoms with Crippen LogP contribution < -0.4 is 10.6 Å². The minimum absolute atomic E-state index is 0.0357. The molecule has 2 aromatic rings. The number of amides is 5. The molecule has 0 bridgehead atoms. The number of carbonyl (C=O) groups is 4. The van der Waals surface area contributed by atoms with Crippen LogP contribution >= 0.6 is 0 Å². The molecule has 9 heteroatoms. The topological polar surface area (TPSA) is 108 Å². The van der Waals surface area contributed by atoms with Gasteiger partial charge in [0, 0.05) is 37.3 Å². The first-order chi connectivity index (χ1) is 16.4. The van der Waals surface area contributed by atoms with E-state index in [4.69, 9.17) is 4.74 Å². The summed E-state index contributed by atoms with van der Waals surface area (Å²) >= 11 is 0. The van der Waals surface area contributed by atoms with Crippen LogP contribution in [0.5, 0.6) is 0 Å². The maximum absolute atomic E-state index is 13.3. The number of hydrogen-bond donors (Lipinski definition) is 2. The summed E-state index contributed by atoms with van der Waals surface area (Å²) in [5.41, 5.74) is 3.73. The molecule has 0 saturated heterocycles. The molecule has 2 aliphatic heterocycles. The number of ether oxygens (including phenoxy) is 1. The quantitative estimate of drug-likeness (QED) is 0.726. The molecule has 0 fully saturated rings. The first kappa shape index (κ1) is 23.3. The number of fused-ring (bicyclic) bond motifs is 2. The second-order valence-electron chi connectivity index (χ2n) is 8.51. The van der Waals surface area contributed by atoms with Crippen molar-refractivity contribution in [1.82, 2.24) is 15.1 Å². The maximum atomic E-state index is 13.3. The fourth-order valence-corrected chi connectivity index (χ4v) is 4.35. The maximum Gasteiger partial charge on any atom is 0.417 e. The van der Waals surface area contributed by atoms with E-state index in [9.17, 15) is 19.2 Å². The number of imide groups is 1. The standard InChI is InChI=1S/C25H28N4O5/c1-16-7-8-17-5-3-4-6-19(17)14-28(16)22(30)15-29-23(31)21-10-9-20(27-24(32)26-2)13-18(21)11-12-34-25(29)33/h3-6,9-10,13,16H,7-8,11-12,14-15H2,1-2H3,(H2,26,27,32)/t16-/m0/s1. The number of urea groups is 1. The van der Waals surface area contributed by atoms with E-state index in [1.54, 1.807) is 23.1 Å². The monoisotopic (exact) mass is 464 g/mol. The predicted octanol–water partition coefficient (Wildman–Crippen LogP) is 2.94. The van der Waals surface area contributed by atoms with Gasteiger partial charge in [0.2, 0.25) is 5.91 Å². The van der Waals surface area contributed by atoms with Gasteiger partial charge in [0.25, 0.3) is 5.91 Å². The van der Waals surface area contributed by atoms with Crippen LogP contribution in [-0.2, 0) is 28.9 Å². The zero-order valence-corrected chi connectivity index (χ0v) is 19.3. The third kappa shape index (κ3) is 4.88. The van der Waals surface area contributed by atoms with Crippen LogP contribution in [0.3, 0.4) is 0 Å². The lowest BCUT2D eigenvalue weighted by atomic mass is 10.0. The number of hydrogen-bond acceptors (Lipinski definition) is 5. The summed E-state index contributed by atoms with van der Waals surface area (Å²) in [6, 6.07) is 12.4. The Morgan fingerprint density at radius 2 is 1.82 bits per heavy atom. The van der Waals surface area contributed by atoms with E-state index < -0.39 is 18.5 Å². The summed E-state index contributed by atoms with van der Waals surface area (Å²) in [4.78, 5) is 53.5. The van der Waals surface area contributed by atoms with E-state index in [1.807, 2.05) is 25.1 Å². The van der Waals surface area contributed by atoms with Gasteiger partial charge in [-0.2, -0.15) is 0 Å². The van der Waals surface area contributed by atoms with Crippen molar-refractivity contribution in [3.8, 4) is 0 Å². The lowest BCUT2D eigenvalue weighted by Crippen LogP contribution is -2.48. The number of nitrogens with zero attached hydrogens (tertiary/aromatic N) is 2. The number of carbonyl (C=O) groups excluding carboxylic acids is 4. The first-order valence-corrected chi connectivity index (χ1v) is 11.3. The minimum Gasteiger partial charge on any atom is -0.449 e. The van der Waals surface area contributed by atoms with Crippen molar-refractivity contribution < 1.29 is 23.9 Å². The van der Waals surface area contributed by atoms with Crippen molar-refractivity contribution >= 4 is 29.6 Å². The van der Waals surface area contributed by atoms with Gasteiger partial charge >= 0.3 is 12.1 Å². The molecule has 1 atom stereocenters. The van der Waals surface area contributed by atoms with Crippen molar-refractivity contribution in [3.05, 3.63) is 64.7 Å². The average molecular weight is 465 g/mol. The normalized spacial score (nSPS) is 18.0. The molecular weight excluding hydrogens is 436 g/mol. The van der Waals surface area contributed by atoms with Crippen LogP contribution in [0.1, 0.15) is 40.4 Å². The molecule has 5 amide bonds. The molecule has 0 aliphatic carbocycles. The molecule has 0 aromatic heterocycles. The summed E-state index contributed by atoms with van der Waals surface area (Å²) in [6.45, 7) is 2.06. The van der Waals surface area contributed by atoms with Gasteiger partial charge in [0.15, 0.2) is 0 Å². The fraction of sp³-hybridized carbons (Fsp3) is 0.360. The van der Waals surface area contributed by atoms with Gasteiger partial charge in [-0.15, -0.1) is 0 Å². The molecule has 2 aromatic carbocycles. The van der Waals surface area contributed by atoms with Crippen molar-refractivity contribution in [2.45, 2.75) is 38.8 Å². The lowest BCUT2D eigenvalue weighted by Gasteiger charge is -2.30. The second-order valence-corrected chi connectivity index (χ2v) is 8.51. The van der Waals surface area contributed by atoms with Crippen LogP contribution in [0.2, 0.25) is 0 Å². The minimum atomic E-state index is -0.834. The van der Waals surface area contributed by atoms with E-state index in [2.05, 4.69) is 16.7 Å². The number of cyclic esters (lactones) is 1. The summed E-state index contributed by atoms with van der Waals surface area (Å²) in [5, 5.41) is 5.13. The van der Waals surface area contributed by atoms with Gasteiger partial charge in [-0.05, 0) is 54.7 Å². The van der Waals surface area contributed by atoms with E-state index in [0.29, 0.717) is 29.8 Å². The fourth-order valence-electron chi connectivity index (χ4n) is 4.35. The Hall–Kier alpha value is -3.88. The Morgan fingerprint density at radius 3 is 2.59 bits per heavy atom.